The lowest BCUT2D eigenvalue weighted by Gasteiger charge is -2.31. The van der Waals surface area contributed by atoms with Crippen LogP contribution in [-0.2, 0) is 6.54 Å². The van der Waals surface area contributed by atoms with Crippen molar-refractivity contribution in [3.05, 3.63) is 60.0 Å². The molecule has 0 amide bonds. The second-order valence-corrected chi connectivity index (χ2v) is 7.88. The lowest BCUT2D eigenvalue weighted by Crippen LogP contribution is -2.34. The number of fused-ring (bicyclic) bond motifs is 1. The molecule has 0 saturated carbocycles. The molecular weight excluding hydrogens is 316 g/mol. The average Bonchev–Trinajstić information content (AvgIpc) is 3.06. The van der Waals surface area contributed by atoms with Crippen molar-refractivity contribution in [2.24, 2.45) is 0 Å². The lowest BCUT2D eigenvalue weighted by atomic mass is 10.1. The summed E-state index contributed by atoms with van der Waals surface area (Å²) in [6.07, 6.45) is 6.11. The smallest absolute Gasteiger partial charge is 0.155 e. The van der Waals surface area contributed by atoms with Gasteiger partial charge in [-0.15, -0.1) is 11.8 Å². The fraction of sp³-hybridized carbons (Fsp3) is 0.368. The molecule has 5 heteroatoms. The molecule has 0 aliphatic carbocycles. The molecule has 0 spiro atoms. The zero-order valence-electron chi connectivity index (χ0n) is 13.9. The summed E-state index contributed by atoms with van der Waals surface area (Å²) >= 11 is 2.04. The van der Waals surface area contributed by atoms with Crippen LogP contribution in [0.3, 0.4) is 0 Å². The summed E-state index contributed by atoms with van der Waals surface area (Å²) in [6.45, 7) is 5.48. The van der Waals surface area contributed by atoms with E-state index in [1.807, 2.05) is 22.5 Å². The van der Waals surface area contributed by atoms with Crippen LogP contribution in [0.1, 0.15) is 24.0 Å². The number of piperidine rings is 1. The van der Waals surface area contributed by atoms with Crippen molar-refractivity contribution in [3.63, 3.8) is 0 Å². The van der Waals surface area contributed by atoms with Crippen LogP contribution in [0.25, 0.3) is 5.65 Å². The molecule has 3 aromatic rings. The Morgan fingerprint density at radius 1 is 1.12 bits per heavy atom. The van der Waals surface area contributed by atoms with Gasteiger partial charge < -0.3 is 0 Å². The third-order valence-corrected chi connectivity index (χ3v) is 5.96. The first-order chi connectivity index (χ1) is 11.8. The van der Waals surface area contributed by atoms with E-state index in [1.165, 1.54) is 42.0 Å². The molecule has 0 radical (unpaired) electrons. The van der Waals surface area contributed by atoms with E-state index < -0.39 is 0 Å². The maximum atomic E-state index is 4.27. The molecule has 1 aliphatic heterocycles. The van der Waals surface area contributed by atoms with Crippen LogP contribution >= 0.6 is 11.8 Å². The Hall–Kier alpha value is -1.85. The van der Waals surface area contributed by atoms with Crippen LogP contribution in [0.5, 0.6) is 0 Å². The number of hydrogen-bond donors (Lipinski definition) is 0. The Labute approximate surface area is 146 Å². The summed E-state index contributed by atoms with van der Waals surface area (Å²) in [5, 5.41) is 4.89. The highest BCUT2D eigenvalue weighted by molar-refractivity contribution is 8.00. The van der Waals surface area contributed by atoms with E-state index in [-0.39, 0.29) is 0 Å². The minimum Gasteiger partial charge on any atom is -0.299 e. The van der Waals surface area contributed by atoms with E-state index in [4.69, 9.17) is 0 Å². The summed E-state index contributed by atoms with van der Waals surface area (Å²) in [7, 11) is 0. The van der Waals surface area contributed by atoms with Crippen molar-refractivity contribution < 1.29 is 0 Å². The van der Waals surface area contributed by atoms with Crippen LogP contribution in [0.4, 0.5) is 0 Å². The molecule has 0 unspecified atom stereocenters. The second kappa shape index (κ2) is 6.95. The SMILES string of the molecule is Cc1ccc(SC2CCN(Cc3ccn4ncnc4c3)CC2)cc1. The highest BCUT2D eigenvalue weighted by Gasteiger charge is 2.20. The maximum Gasteiger partial charge on any atom is 0.155 e. The monoisotopic (exact) mass is 338 g/mol. The average molecular weight is 338 g/mol. The van der Waals surface area contributed by atoms with E-state index in [1.54, 1.807) is 6.33 Å². The molecule has 4 nitrogen and oxygen atoms in total. The van der Waals surface area contributed by atoms with Crippen LogP contribution in [-0.4, -0.2) is 37.8 Å². The molecule has 3 heterocycles. The molecule has 1 aromatic carbocycles. The molecule has 4 rings (SSSR count). The molecule has 24 heavy (non-hydrogen) atoms. The first-order valence-corrected chi connectivity index (χ1v) is 9.38. The number of hydrogen-bond acceptors (Lipinski definition) is 4. The van der Waals surface area contributed by atoms with Crippen molar-refractivity contribution in [1.82, 2.24) is 19.5 Å². The molecule has 0 atom stereocenters. The number of aromatic nitrogens is 3. The predicted molar refractivity (Wildman–Crippen MR) is 98.3 cm³/mol. The van der Waals surface area contributed by atoms with E-state index >= 15 is 0 Å². The van der Waals surface area contributed by atoms with Crippen LogP contribution in [0.15, 0.2) is 53.8 Å². The molecule has 0 bridgehead atoms. The summed E-state index contributed by atoms with van der Waals surface area (Å²) < 4.78 is 1.81. The first kappa shape index (κ1) is 15.7. The molecule has 0 N–H and O–H groups in total. The zero-order valence-corrected chi connectivity index (χ0v) is 14.7. The number of nitrogens with zero attached hydrogens (tertiary/aromatic N) is 4. The molecule has 2 aromatic heterocycles. The number of aryl methyl sites for hydroxylation is 1. The maximum absolute atomic E-state index is 4.27. The Bertz CT molecular complexity index is 804. The van der Waals surface area contributed by atoms with E-state index in [2.05, 4.69) is 58.3 Å². The molecule has 124 valence electrons. The quantitative estimate of drug-likeness (QED) is 0.725. The number of pyridine rings is 1. The minimum atomic E-state index is 0.739. The van der Waals surface area contributed by atoms with Gasteiger partial charge in [-0.2, -0.15) is 5.10 Å². The predicted octanol–water partition coefficient (Wildman–Crippen LogP) is 3.79. The first-order valence-electron chi connectivity index (χ1n) is 8.50. The van der Waals surface area contributed by atoms with Gasteiger partial charge in [0.15, 0.2) is 5.65 Å². The summed E-state index contributed by atoms with van der Waals surface area (Å²) in [5.41, 5.74) is 3.58. The van der Waals surface area contributed by atoms with Crippen molar-refractivity contribution in [3.8, 4) is 0 Å². The Kier molecular flexibility index (Phi) is 4.54. The van der Waals surface area contributed by atoms with Gasteiger partial charge in [-0.05, 0) is 62.7 Å². The van der Waals surface area contributed by atoms with Crippen LogP contribution in [0.2, 0.25) is 0 Å². The standard InChI is InChI=1S/C19H22N4S/c1-15-2-4-17(5-3-15)24-18-7-9-22(10-8-18)13-16-6-11-23-19(12-16)20-14-21-23/h2-6,11-12,14,18H,7-10,13H2,1H3. The second-order valence-electron chi connectivity index (χ2n) is 6.50. The van der Waals surface area contributed by atoms with Gasteiger partial charge in [0, 0.05) is 22.9 Å². The van der Waals surface area contributed by atoms with Crippen molar-refractivity contribution in [2.45, 2.75) is 36.5 Å². The molecule has 1 fully saturated rings. The fourth-order valence-corrected chi connectivity index (χ4v) is 4.33. The highest BCUT2D eigenvalue weighted by Crippen LogP contribution is 2.30. The van der Waals surface area contributed by atoms with Crippen LogP contribution in [0, 0.1) is 6.92 Å². The number of thioether (sulfide) groups is 1. The van der Waals surface area contributed by atoms with Gasteiger partial charge in [-0.1, -0.05) is 17.7 Å². The van der Waals surface area contributed by atoms with Crippen molar-refractivity contribution in [2.75, 3.05) is 13.1 Å². The normalized spacial score (nSPS) is 16.7. The van der Waals surface area contributed by atoms with Gasteiger partial charge in [-0.3, -0.25) is 4.90 Å². The zero-order chi connectivity index (χ0) is 16.4. The Morgan fingerprint density at radius 3 is 2.71 bits per heavy atom. The summed E-state index contributed by atoms with van der Waals surface area (Å²) in [4.78, 5) is 8.22. The molecule has 1 saturated heterocycles. The van der Waals surface area contributed by atoms with Gasteiger partial charge in [0.2, 0.25) is 0 Å². The largest absolute Gasteiger partial charge is 0.299 e. The number of likely N-dealkylation sites (tertiary alicyclic amines) is 1. The summed E-state index contributed by atoms with van der Waals surface area (Å²) in [5.74, 6) is 0. The number of rotatable bonds is 4. The van der Waals surface area contributed by atoms with E-state index in [0.29, 0.717) is 0 Å². The van der Waals surface area contributed by atoms with Gasteiger partial charge in [0.05, 0.1) is 0 Å². The Morgan fingerprint density at radius 2 is 1.92 bits per heavy atom. The van der Waals surface area contributed by atoms with Gasteiger partial charge >= 0.3 is 0 Å². The molecular formula is C19H22N4S. The summed E-state index contributed by atoms with van der Waals surface area (Å²) in [6, 6.07) is 13.2. The van der Waals surface area contributed by atoms with Crippen LogP contribution < -0.4 is 0 Å². The van der Waals surface area contributed by atoms with Gasteiger partial charge in [0.25, 0.3) is 0 Å². The van der Waals surface area contributed by atoms with Gasteiger partial charge in [-0.25, -0.2) is 9.50 Å². The van der Waals surface area contributed by atoms with Crippen molar-refractivity contribution in [1.29, 1.82) is 0 Å². The van der Waals surface area contributed by atoms with E-state index in [9.17, 15) is 0 Å². The third-order valence-electron chi connectivity index (χ3n) is 4.61. The van der Waals surface area contributed by atoms with Gasteiger partial charge in [0.1, 0.15) is 6.33 Å². The Balaban J connectivity index is 1.31. The molecule has 1 aliphatic rings. The highest BCUT2D eigenvalue weighted by atomic mass is 32.2. The third kappa shape index (κ3) is 3.62. The van der Waals surface area contributed by atoms with E-state index in [0.717, 1.165) is 17.4 Å². The number of benzene rings is 1. The lowest BCUT2D eigenvalue weighted by molar-refractivity contribution is 0.225. The fourth-order valence-electron chi connectivity index (χ4n) is 3.21. The van der Waals surface area contributed by atoms with Crippen molar-refractivity contribution >= 4 is 17.4 Å². The topological polar surface area (TPSA) is 33.4 Å². The minimum absolute atomic E-state index is 0.739.